The second kappa shape index (κ2) is 27.5. The Balaban J connectivity index is 6.56. The average molecular weight is 641 g/mol. The molecule has 0 aromatic carbocycles. The molecule has 0 fully saturated rings. The van der Waals surface area contributed by atoms with Crippen LogP contribution in [0.2, 0.25) is 0 Å². The highest BCUT2D eigenvalue weighted by molar-refractivity contribution is 5.93. The van der Waals surface area contributed by atoms with Gasteiger partial charge in [0.15, 0.2) is 5.60 Å². The van der Waals surface area contributed by atoms with Crippen molar-refractivity contribution in [3.05, 3.63) is 0 Å². The van der Waals surface area contributed by atoms with E-state index in [9.17, 15) is 29.7 Å². The molecule has 0 saturated heterocycles. The summed E-state index contributed by atoms with van der Waals surface area (Å²) in [5.41, 5.74) is -4.15. The minimum atomic E-state index is -2.33. The summed E-state index contributed by atoms with van der Waals surface area (Å²) in [5.74, 6) is -5.33. The van der Waals surface area contributed by atoms with Crippen LogP contribution in [-0.4, -0.2) is 45.4 Å². The van der Waals surface area contributed by atoms with Gasteiger partial charge in [0.2, 0.25) is 0 Å². The zero-order chi connectivity index (χ0) is 33.8. The highest BCUT2D eigenvalue weighted by atomic mass is 16.5. The minimum Gasteiger partial charge on any atom is -0.481 e. The second-order valence-electron chi connectivity index (χ2n) is 13.5. The molecule has 0 heterocycles. The standard InChI is InChI=1S/C38H72O7/c1-5-9-13-17-21-25-29-33(34(39)40)38(36(43)44,45-32-28-24-20-16-12-8-4)37(35(41)42,30-26-22-18-14-10-6-2)31-27-23-19-15-11-7-3/h33H,5-32H2,1-4H3,(H,39,40)(H,41,42)(H,43,44). The Bertz CT molecular complexity index is 736. The number of carboxylic acid groups (broad SMARTS) is 3. The summed E-state index contributed by atoms with van der Waals surface area (Å²) in [4.78, 5) is 40.2. The van der Waals surface area contributed by atoms with E-state index in [0.29, 0.717) is 25.7 Å². The van der Waals surface area contributed by atoms with Crippen LogP contribution in [0.1, 0.15) is 201 Å². The predicted molar refractivity (Wildman–Crippen MR) is 185 cm³/mol. The molecule has 266 valence electrons. The lowest BCUT2D eigenvalue weighted by atomic mass is 9.59. The molecule has 0 aliphatic rings. The molecule has 7 heteroatoms. The van der Waals surface area contributed by atoms with Crippen molar-refractivity contribution in [1.82, 2.24) is 0 Å². The van der Waals surface area contributed by atoms with E-state index in [1.165, 1.54) is 0 Å². The van der Waals surface area contributed by atoms with E-state index in [2.05, 4.69) is 27.7 Å². The first-order valence-corrected chi connectivity index (χ1v) is 19.0. The predicted octanol–water partition coefficient (Wildman–Crippen LogP) is 11.2. The molecule has 0 bridgehead atoms. The molecule has 0 aromatic rings. The number of ether oxygens (including phenoxy) is 1. The molecule has 2 atom stereocenters. The smallest absolute Gasteiger partial charge is 0.338 e. The van der Waals surface area contributed by atoms with Gasteiger partial charge in [0.1, 0.15) is 5.41 Å². The van der Waals surface area contributed by atoms with Gasteiger partial charge in [-0.05, 0) is 25.7 Å². The third kappa shape index (κ3) is 16.2. The fourth-order valence-corrected chi connectivity index (χ4v) is 7.02. The molecule has 0 spiro atoms. The van der Waals surface area contributed by atoms with E-state index < -0.39 is 34.8 Å². The van der Waals surface area contributed by atoms with E-state index >= 15 is 0 Å². The molecule has 0 aromatic heterocycles. The Hall–Kier alpha value is -1.63. The lowest BCUT2D eigenvalue weighted by Crippen LogP contribution is -2.65. The van der Waals surface area contributed by atoms with Crippen LogP contribution in [0.25, 0.3) is 0 Å². The van der Waals surface area contributed by atoms with Crippen LogP contribution < -0.4 is 0 Å². The average Bonchev–Trinajstić information content (AvgIpc) is 3.00. The summed E-state index contributed by atoms with van der Waals surface area (Å²) >= 11 is 0. The Morgan fingerprint density at radius 1 is 0.489 bits per heavy atom. The summed E-state index contributed by atoms with van der Waals surface area (Å²) in [6.07, 6.45) is 22.8. The summed E-state index contributed by atoms with van der Waals surface area (Å²) in [7, 11) is 0. The van der Waals surface area contributed by atoms with E-state index in [0.717, 1.165) is 128 Å². The minimum absolute atomic E-state index is 0.0563. The number of rotatable bonds is 34. The number of hydrogen-bond donors (Lipinski definition) is 3. The lowest BCUT2D eigenvalue weighted by Gasteiger charge is -2.48. The Morgan fingerprint density at radius 2 is 0.844 bits per heavy atom. The summed E-state index contributed by atoms with van der Waals surface area (Å²) in [5, 5.41) is 32.8. The fraction of sp³-hybridized carbons (Fsp3) is 0.921. The van der Waals surface area contributed by atoms with E-state index in [1.54, 1.807) is 0 Å². The number of carbonyl (C=O) groups is 3. The third-order valence-electron chi connectivity index (χ3n) is 9.82. The topological polar surface area (TPSA) is 121 Å². The largest absolute Gasteiger partial charge is 0.481 e. The van der Waals surface area contributed by atoms with Gasteiger partial charge < -0.3 is 20.1 Å². The van der Waals surface area contributed by atoms with Gasteiger partial charge in [-0.15, -0.1) is 0 Å². The summed E-state index contributed by atoms with van der Waals surface area (Å²) < 4.78 is 6.37. The first-order chi connectivity index (χ1) is 21.7. The van der Waals surface area contributed by atoms with Crippen molar-refractivity contribution in [1.29, 1.82) is 0 Å². The molecule has 0 saturated carbocycles. The Morgan fingerprint density at radius 3 is 1.20 bits per heavy atom. The maximum Gasteiger partial charge on any atom is 0.338 e. The van der Waals surface area contributed by atoms with Crippen molar-refractivity contribution in [3.8, 4) is 0 Å². The number of aliphatic carboxylic acids is 3. The van der Waals surface area contributed by atoms with Crippen molar-refractivity contribution in [2.24, 2.45) is 11.3 Å². The molecule has 45 heavy (non-hydrogen) atoms. The number of hydrogen-bond acceptors (Lipinski definition) is 4. The Labute approximate surface area is 276 Å². The van der Waals surface area contributed by atoms with Crippen LogP contribution in [0.5, 0.6) is 0 Å². The maximum absolute atomic E-state index is 13.6. The van der Waals surface area contributed by atoms with Gasteiger partial charge in [-0.3, -0.25) is 9.59 Å². The van der Waals surface area contributed by atoms with Gasteiger partial charge in [-0.2, -0.15) is 0 Å². The molecule has 0 radical (unpaired) electrons. The van der Waals surface area contributed by atoms with Crippen molar-refractivity contribution in [2.75, 3.05) is 6.61 Å². The van der Waals surface area contributed by atoms with E-state index in [4.69, 9.17) is 4.74 Å². The first kappa shape index (κ1) is 43.4. The van der Waals surface area contributed by atoms with Gasteiger partial charge >= 0.3 is 17.9 Å². The molecule has 0 aliphatic carbocycles. The van der Waals surface area contributed by atoms with Crippen LogP contribution in [-0.2, 0) is 19.1 Å². The van der Waals surface area contributed by atoms with Crippen LogP contribution in [0, 0.1) is 11.3 Å². The quantitative estimate of drug-likeness (QED) is 0.0598. The van der Waals surface area contributed by atoms with Gasteiger partial charge in [0.05, 0.1) is 5.92 Å². The molecule has 0 amide bonds. The van der Waals surface area contributed by atoms with Crippen molar-refractivity contribution in [2.45, 2.75) is 207 Å². The fourth-order valence-electron chi connectivity index (χ4n) is 7.02. The summed E-state index contributed by atoms with van der Waals surface area (Å²) in [6.45, 7) is 8.64. The van der Waals surface area contributed by atoms with Crippen molar-refractivity contribution in [3.63, 3.8) is 0 Å². The van der Waals surface area contributed by atoms with Gasteiger partial charge in [0, 0.05) is 6.61 Å². The van der Waals surface area contributed by atoms with Crippen LogP contribution in [0.15, 0.2) is 0 Å². The Kier molecular flexibility index (Phi) is 26.5. The molecular formula is C38H72O7. The van der Waals surface area contributed by atoms with Gasteiger partial charge in [-0.1, -0.05) is 175 Å². The van der Waals surface area contributed by atoms with Crippen LogP contribution >= 0.6 is 0 Å². The zero-order valence-corrected chi connectivity index (χ0v) is 29.9. The SMILES string of the molecule is CCCCCCCCOC(C(=O)O)(C(CCCCCCCC)C(=O)O)C(CCCCCCCC)(CCCCCCCC)C(=O)O. The third-order valence-corrected chi connectivity index (χ3v) is 9.82. The van der Waals surface area contributed by atoms with Crippen molar-refractivity contribution >= 4 is 17.9 Å². The molecule has 0 rings (SSSR count). The van der Waals surface area contributed by atoms with Crippen LogP contribution in [0.3, 0.4) is 0 Å². The zero-order valence-electron chi connectivity index (χ0n) is 29.9. The van der Waals surface area contributed by atoms with Gasteiger partial charge in [0.25, 0.3) is 0 Å². The van der Waals surface area contributed by atoms with Crippen molar-refractivity contribution < 1.29 is 34.4 Å². The highest BCUT2D eigenvalue weighted by Gasteiger charge is 2.67. The normalized spacial score (nSPS) is 13.9. The summed E-state index contributed by atoms with van der Waals surface area (Å²) in [6, 6.07) is 0. The molecule has 3 N–H and O–H groups in total. The number of unbranched alkanes of at least 4 members (excludes halogenated alkanes) is 20. The highest BCUT2D eigenvalue weighted by Crippen LogP contribution is 2.50. The molecular weight excluding hydrogens is 568 g/mol. The molecule has 7 nitrogen and oxygen atoms in total. The first-order valence-electron chi connectivity index (χ1n) is 19.0. The lowest BCUT2D eigenvalue weighted by molar-refractivity contribution is -0.221. The van der Waals surface area contributed by atoms with E-state index in [-0.39, 0.29) is 25.9 Å². The maximum atomic E-state index is 13.6. The van der Waals surface area contributed by atoms with Crippen LogP contribution in [0.4, 0.5) is 0 Å². The second-order valence-corrected chi connectivity index (χ2v) is 13.5. The van der Waals surface area contributed by atoms with Gasteiger partial charge in [-0.25, -0.2) is 4.79 Å². The number of carboxylic acids is 3. The molecule has 0 aliphatic heterocycles. The monoisotopic (exact) mass is 641 g/mol. The molecule has 2 unspecified atom stereocenters. The van der Waals surface area contributed by atoms with E-state index in [1.807, 2.05) is 0 Å².